The zero-order valence-corrected chi connectivity index (χ0v) is 14.4. The summed E-state index contributed by atoms with van der Waals surface area (Å²) in [5.74, 6) is 0.935. The molecule has 4 heteroatoms. The van der Waals surface area contributed by atoms with Gasteiger partial charge in [0.25, 0.3) is 0 Å². The Labute approximate surface area is 144 Å². The molecule has 0 saturated heterocycles. The largest absolute Gasteiger partial charge is 0.489 e. The van der Waals surface area contributed by atoms with Crippen LogP contribution in [0, 0.1) is 6.92 Å². The Hall–Kier alpha value is -1.88. The van der Waals surface area contributed by atoms with Gasteiger partial charge in [0.15, 0.2) is 0 Å². The Balaban J connectivity index is 1.77. The minimum Gasteiger partial charge on any atom is -0.489 e. The van der Waals surface area contributed by atoms with Crippen LogP contribution in [0.25, 0.3) is 0 Å². The van der Waals surface area contributed by atoms with Gasteiger partial charge < -0.3 is 20.5 Å². The van der Waals surface area contributed by atoms with Gasteiger partial charge >= 0.3 is 0 Å². The molecule has 0 heterocycles. The second-order valence-corrected chi connectivity index (χ2v) is 5.89. The fourth-order valence-corrected chi connectivity index (χ4v) is 2.52. The van der Waals surface area contributed by atoms with E-state index in [1.165, 1.54) is 16.7 Å². The smallest absolute Gasteiger partial charge is 0.124 e. The lowest BCUT2D eigenvalue weighted by Gasteiger charge is -2.13. The number of para-hydroxylation sites is 1. The molecule has 130 valence electrons. The van der Waals surface area contributed by atoms with E-state index in [2.05, 4.69) is 47.9 Å². The second kappa shape index (κ2) is 10.8. The number of ether oxygens (including phenoxy) is 1. The molecule has 0 saturated carbocycles. The van der Waals surface area contributed by atoms with E-state index in [1.807, 2.05) is 18.2 Å². The van der Waals surface area contributed by atoms with E-state index in [9.17, 15) is 0 Å². The maximum Gasteiger partial charge on any atom is 0.124 e. The lowest BCUT2D eigenvalue weighted by molar-refractivity contribution is 0.292. The van der Waals surface area contributed by atoms with Gasteiger partial charge in [0.05, 0.1) is 6.61 Å². The maximum atomic E-state index is 8.70. The highest BCUT2D eigenvalue weighted by Gasteiger charge is 2.03. The third-order valence-electron chi connectivity index (χ3n) is 3.76. The Bertz CT molecular complexity index is 602. The van der Waals surface area contributed by atoms with Gasteiger partial charge in [-0.1, -0.05) is 48.0 Å². The fraction of sp³-hybridized carbons (Fsp3) is 0.400. The number of nitrogens with one attached hydrogen (secondary N) is 2. The standard InChI is InChI=1S/C20H28N2O2/c1-17-6-4-7-18(14-17)16-24-20-9-3-2-8-19(20)15-22-11-5-10-21-12-13-23/h2-4,6-9,14,21-23H,5,10-13,15-16H2,1H3. The minimum absolute atomic E-state index is 0.194. The van der Waals surface area contributed by atoms with E-state index >= 15 is 0 Å². The van der Waals surface area contributed by atoms with Gasteiger partial charge in [-0.15, -0.1) is 0 Å². The maximum absolute atomic E-state index is 8.70. The van der Waals surface area contributed by atoms with E-state index in [0.29, 0.717) is 13.2 Å². The monoisotopic (exact) mass is 328 g/mol. The van der Waals surface area contributed by atoms with Crippen molar-refractivity contribution in [3.05, 3.63) is 65.2 Å². The molecule has 2 rings (SSSR count). The van der Waals surface area contributed by atoms with Crippen LogP contribution in [0.1, 0.15) is 23.1 Å². The second-order valence-electron chi connectivity index (χ2n) is 5.89. The van der Waals surface area contributed by atoms with E-state index in [4.69, 9.17) is 9.84 Å². The predicted molar refractivity (Wildman–Crippen MR) is 98.2 cm³/mol. The minimum atomic E-state index is 0.194. The first-order valence-corrected chi connectivity index (χ1v) is 8.58. The summed E-state index contributed by atoms with van der Waals surface area (Å²) in [6.45, 7) is 6.18. The van der Waals surface area contributed by atoms with Gasteiger partial charge in [0.1, 0.15) is 12.4 Å². The van der Waals surface area contributed by atoms with E-state index < -0.39 is 0 Å². The molecule has 0 aliphatic carbocycles. The molecule has 0 aliphatic rings. The first kappa shape index (κ1) is 18.5. The molecule has 0 radical (unpaired) electrons. The summed E-state index contributed by atoms with van der Waals surface area (Å²) < 4.78 is 6.01. The van der Waals surface area contributed by atoms with Crippen LogP contribution in [0.4, 0.5) is 0 Å². The van der Waals surface area contributed by atoms with Crippen LogP contribution < -0.4 is 15.4 Å². The van der Waals surface area contributed by atoms with Crippen LogP contribution in [-0.2, 0) is 13.2 Å². The Morgan fingerprint density at radius 2 is 1.79 bits per heavy atom. The van der Waals surface area contributed by atoms with Gasteiger partial charge in [-0.05, 0) is 38.1 Å². The number of aryl methyl sites for hydroxylation is 1. The molecule has 2 aromatic rings. The molecule has 24 heavy (non-hydrogen) atoms. The van der Waals surface area contributed by atoms with Crippen molar-refractivity contribution in [3.63, 3.8) is 0 Å². The highest BCUT2D eigenvalue weighted by molar-refractivity contribution is 5.33. The molecule has 0 fully saturated rings. The molecule has 2 aromatic carbocycles. The van der Waals surface area contributed by atoms with Gasteiger partial charge in [-0.3, -0.25) is 0 Å². The number of hydrogen-bond acceptors (Lipinski definition) is 4. The van der Waals surface area contributed by atoms with Crippen molar-refractivity contribution in [1.82, 2.24) is 10.6 Å². The summed E-state index contributed by atoms with van der Waals surface area (Å²) in [4.78, 5) is 0. The van der Waals surface area contributed by atoms with Crippen molar-refractivity contribution in [3.8, 4) is 5.75 Å². The SMILES string of the molecule is Cc1cccc(COc2ccccc2CNCCCNCCO)c1. The topological polar surface area (TPSA) is 53.5 Å². The summed E-state index contributed by atoms with van der Waals surface area (Å²) in [7, 11) is 0. The van der Waals surface area contributed by atoms with Crippen LogP contribution in [-0.4, -0.2) is 31.3 Å². The molecule has 3 N–H and O–H groups in total. The summed E-state index contributed by atoms with van der Waals surface area (Å²) in [5.41, 5.74) is 3.61. The molecule has 0 aromatic heterocycles. The molecule has 0 atom stereocenters. The quantitative estimate of drug-likeness (QED) is 0.555. The third-order valence-corrected chi connectivity index (χ3v) is 3.76. The third kappa shape index (κ3) is 6.71. The lowest BCUT2D eigenvalue weighted by atomic mass is 10.1. The molecule has 0 spiro atoms. The molecule has 0 amide bonds. The normalized spacial score (nSPS) is 10.8. The van der Waals surface area contributed by atoms with Crippen LogP contribution in [0.5, 0.6) is 5.75 Å². The van der Waals surface area contributed by atoms with Crippen molar-refractivity contribution >= 4 is 0 Å². The van der Waals surface area contributed by atoms with E-state index in [1.54, 1.807) is 0 Å². The predicted octanol–water partition coefficient (Wildman–Crippen LogP) is 2.64. The first-order chi connectivity index (χ1) is 11.8. The highest BCUT2D eigenvalue weighted by atomic mass is 16.5. The van der Waals surface area contributed by atoms with Crippen molar-refractivity contribution in [1.29, 1.82) is 0 Å². The summed E-state index contributed by atoms with van der Waals surface area (Å²) >= 11 is 0. The molecular weight excluding hydrogens is 300 g/mol. The Kier molecular flexibility index (Phi) is 8.32. The van der Waals surface area contributed by atoms with E-state index in [-0.39, 0.29) is 6.61 Å². The zero-order chi connectivity index (χ0) is 17.0. The molecular formula is C20H28N2O2. The van der Waals surface area contributed by atoms with E-state index in [0.717, 1.165) is 31.8 Å². The van der Waals surface area contributed by atoms with Crippen molar-refractivity contribution in [2.45, 2.75) is 26.5 Å². The lowest BCUT2D eigenvalue weighted by Crippen LogP contribution is -2.24. The van der Waals surface area contributed by atoms with Gasteiger partial charge in [-0.25, -0.2) is 0 Å². The highest BCUT2D eigenvalue weighted by Crippen LogP contribution is 2.19. The van der Waals surface area contributed by atoms with Crippen LogP contribution in [0.3, 0.4) is 0 Å². The van der Waals surface area contributed by atoms with Gasteiger partial charge in [-0.2, -0.15) is 0 Å². The first-order valence-electron chi connectivity index (χ1n) is 8.58. The number of aliphatic hydroxyl groups excluding tert-OH is 1. The van der Waals surface area contributed by atoms with Gasteiger partial charge in [0.2, 0.25) is 0 Å². The van der Waals surface area contributed by atoms with Gasteiger partial charge in [0, 0.05) is 18.7 Å². The van der Waals surface area contributed by atoms with Crippen LogP contribution >= 0.6 is 0 Å². The Morgan fingerprint density at radius 3 is 2.62 bits per heavy atom. The Morgan fingerprint density at radius 1 is 0.958 bits per heavy atom. The van der Waals surface area contributed by atoms with Crippen molar-refractivity contribution in [2.24, 2.45) is 0 Å². The van der Waals surface area contributed by atoms with Crippen molar-refractivity contribution in [2.75, 3.05) is 26.2 Å². The average Bonchev–Trinajstić information content (AvgIpc) is 2.60. The fourth-order valence-electron chi connectivity index (χ4n) is 2.52. The number of hydrogen-bond donors (Lipinski definition) is 3. The summed E-state index contributed by atoms with van der Waals surface area (Å²) in [5, 5.41) is 15.3. The molecule has 0 unspecified atom stereocenters. The zero-order valence-electron chi connectivity index (χ0n) is 14.4. The molecule has 4 nitrogen and oxygen atoms in total. The number of rotatable bonds is 11. The number of benzene rings is 2. The summed E-state index contributed by atoms with van der Waals surface area (Å²) in [6, 6.07) is 16.6. The molecule has 0 aliphatic heterocycles. The summed E-state index contributed by atoms with van der Waals surface area (Å²) in [6.07, 6.45) is 1.03. The number of aliphatic hydroxyl groups is 1. The van der Waals surface area contributed by atoms with Crippen molar-refractivity contribution < 1.29 is 9.84 Å². The van der Waals surface area contributed by atoms with Crippen LogP contribution in [0.15, 0.2) is 48.5 Å². The average molecular weight is 328 g/mol. The van der Waals surface area contributed by atoms with Crippen LogP contribution in [0.2, 0.25) is 0 Å². The molecule has 0 bridgehead atoms.